The van der Waals surface area contributed by atoms with Crippen molar-refractivity contribution in [2.45, 2.75) is 57.4 Å². The number of ether oxygens (including phenoxy) is 1. The van der Waals surface area contributed by atoms with E-state index in [0.29, 0.717) is 25.3 Å². The molecule has 0 saturated carbocycles. The van der Waals surface area contributed by atoms with Crippen LogP contribution in [0, 0.1) is 13.8 Å². The zero-order valence-electron chi connectivity index (χ0n) is 18.6. The minimum atomic E-state index is -3.61. The molecule has 2 aromatic carbocycles. The van der Waals surface area contributed by atoms with Gasteiger partial charge in [-0.3, -0.25) is 4.79 Å². The Labute approximate surface area is 185 Å². The summed E-state index contributed by atoms with van der Waals surface area (Å²) in [5.74, 6) is 0.443. The summed E-state index contributed by atoms with van der Waals surface area (Å²) in [4.78, 5) is 13.0. The molecule has 0 radical (unpaired) electrons. The summed E-state index contributed by atoms with van der Waals surface area (Å²) in [6.07, 6.45) is 3.85. The number of benzene rings is 2. The Morgan fingerprint density at radius 2 is 1.68 bits per heavy atom. The second kappa shape index (κ2) is 10.3. The number of carbonyl (C=O) groups excluding carboxylic acids is 1. The molecule has 1 N–H and O–H groups in total. The van der Waals surface area contributed by atoms with E-state index in [0.717, 1.165) is 42.6 Å². The maximum absolute atomic E-state index is 13.1. The summed E-state index contributed by atoms with van der Waals surface area (Å²) < 4.78 is 33.5. The van der Waals surface area contributed by atoms with E-state index in [-0.39, 0.29) is 16.8 Å². The van der Waals surface area contributed by atoms with Gasteiger partial charge in [-0.15, -0.1) is 0 Å². The first-order chi connectivity index (χ1) is 14.8. The SMILES string of the molecule is Cc1ccc(OCC(C)NC(=O)c2cc(S(=O)(=O)N3CCCCCC3)ccc2C)cc1. The summed E-state index contributed by atoms with van der Waals surface area (Å²) in [7, 11) is -3.61. The number of nitrogens with one attached hydrogen (secondary N) is 1. The van der Waals surface area contributed by atoms with Crippen LogP contribution in [0.2, 0.25) is 0 Å². The van der Waals surface area contributed by atoms with E-state index in [2.05, 4.69) is 5.32 Å². The van der Waals surface area contributed by atoms with Crippen LogP contribution in [0.1, 0.15) is 54.1 Å². The number of sulfonamides is 1. The summed E-state index contributed by atoms with van der Waals surface area (Å²) in [6.45, 7) is 7.07. The number of carbonyl (C=O) groups is 1. The molecular formula is C24H32N2O4S. The Bertz CT molecular complexity index is 995. The molecule has 1 saturated heterocycles. The number of rotatable bonds is 7. The molecular weight excluding hydrogens is 412 g/mol. The molecule has 3 rings (SSSR count). The van der Waals surface area contributed by atoms with Gasteiger partial charge in [-0.05, 0) is 63.4 Å². The van der Waals surface area contributed by atoms with Crippen molar-refractivity contribution in [3.8, 4) is 5.75 Å². The van der Waals surface area contributed by atoms with Crippen LogP contribution in [0.4, 0.5) is 0 Å². The molecule has 7 heteroatoms. The van der Waals surface area contributed by atoms with Crippen molar-refractivity contribution < 1.29 is 17.9 Å². The van der Waals surface area contributed by atoms with Crippen molar-refractivity contribution in [2.24, 2.45) is 0 Å². The molecule has 2 aromatic rings. The fourth-order valence-corrected chi connectivity index (χ4v) is 5.18. The first kappa shape index (κ1) is 23.3. The van der Waals surface area contributed by atoms with Crippen LogP contribution in [0.3, 0.4) is 0 Å². The zero-order chi connectivity index (χ0) is 22.4. The van der Waals surface area contributed by atoms with Crippen molar-refractivity contribution in [1.82, 2.24) is 9.62 Å². The van der Waals surface area contributed by atoms with E-state index >= 15 is 0 Å². The van der Waals surface area contributed by atoms with E-state index in [1.807, 2.05) is 45.0 Å². The lowest BCUT2D eigenvalue weighted by Gasteiger charge is -2.21. The fraction of sp³-hybridized carbons (Fsp3) is 0.458. The number of hydrogen-bond donors (Lipinski definition) is 1. The van der Waals surface area contributed by atoms with Crippen LogP contribution in [0.15, 0.2) is 47.4 Å². The number of amides is 1. The van der Waals surface area contributed by atoms with E-state index in [1.54, 1.807) is 16.4 Å². The molecule has 0 spiro atoms. The van der Waals surface area contributed by atoms with Gasteiger partial charge in [-0.2, -0.15) is 4.31 Å². The molecule has 1 fully saturated rings. The smallest absolute Gasteiger partial charge is 0.251 e. The quantitative estimate of drug-likeness (QED) is 0.699. The second-order valence-electron chi connectivity index (χ2n) is 8.29. The number of nitrogens with zero attached hydrogens (tertiary/aromatic N) is 1. The van der Waals surface area contributed by atoms with E-state index in [1.165, 1.54) is 6.07 Å². The molecule has 1 atom stereocenters. The lowest BCUT2D eigenvalue weighted by Crippen LogP contribution is -2.37. The topological polar surface area (TPSA) is 75.7 Å². The molecule has 1 amide bonds. The van der Waals surface area contributed by atoms with Gasteiger partial charge in [0.15, 0.2) is 0 Å². The first-order valence-electron chi connectivity index (χ1n) is 10.9. The van der Waals surface area contributed by atoms with Gasteiger partial charge < -0.3 is 10.1 Å². The minimum Gasteiger partial charge on any atom is -0.491 e. The van der Waals surface area contributed by atoms with E-state index < -0.39 is 10.0 Å². The summed E-state index contributed by atoms with van der Waals surface area (Å²) in [6, 6.07) is 12.3. The zero-order valence-corrected chi connectivity index (χ0v) is 19.4. The fourth-order valence-electron chi connectivity index (χ4n) is 3.64. The van der Waals surface area contributed by atoms with Crippen LogP contribution in [0.5, 0.6) is 5.75 Å². The van der Waals surface area contributed by atoms with Gasteiger partial charge >= 0.3 is 0 Å². The summed E-state index contributed by atoms with van der Waals surface area (Å²) >= 11 is 0. The average molecular weight is 445 g/mol. The Balaban J connectivity index is 1.68. The van der Waals surface area contributed by atoms with Gasteiger partial charge in [0.25, 0.3) is 5.91 Å². The standard InChI is InChI=1S/C24H32N2O4S/c1-18-8-11-21(12-9-18)30-17-20(3)25-24(27)23-16-22(13-10-19(23)2)31(28,29)26-14-6-4-5-7-15-26/h8-13,16,20H,4-7,14-15,17H2,1-3H3,(H,25,27). The second-order valence-corrected chi connectivity index (χ2v) is 10.2. The average Bonchev–Trinajstić information content (AvgIpc) is 3.03. The third-order valence-electron chi connectivity index (χ3n) is 5.55. The van der Waals surface area contributed by atoms with Gasteiger partial charge in [0, 0.05) is 18.7 Å². The van der Waals surface area contributed by atoms with Crippen LogP contribution in [-0.2, 0) is 10.0 Å². The molecule has 0 aromatic heterocycles. The molecule has 1 heterocycles. The summed E-state index contributed by atoms with van der Waals surface area (Å²) in [5, 5.41) is 2.91. The van der Waals surface area contributed by atoms with Crippen LogP contribution in [-0.4, -0.2) is 44.4 Å². The highest BCUT2D eigenvalue weighted by atomic mass is 32.2. The van der Waals surface area contributed by atoms with Crippen LogP contribution in [0.25, 0.3) is 0 Å². The first-order valence-corrected chi connectivity index (χ1v) is 12.3. The molecule has 1 aliphatic heterocycles. The van der Waals surface area contributed by atoms with Crippen LogP contribution < -0.4 is 10.1 Å². The monoisotopic (exact) mass is 444 g/mol. The van der Waals surface area contributed by atoms with Crippen LogP contribution >= 0.6 is 0 Å². The van der Waals surface area contributed by atoms with Gasteiger partial charge in [0.05, 0.1) is 10.9 Å². The Morgan fingerprint density at radius 1 is 1.03 bits per heavy atom. The summed E-state index contributed by atoms with van der Waals surface area (Å²) in [5.41, 5.74) is 2.26. The molecule has 6 nitrogen and oxygen atoms in total. The molecule has 168 valence electrons. The van der Waals surface area contributed by atoms with Crippen molar-refractivity contribution in [3.63, 3.8) is 0 Å². The highest BCUT2D eigenvalue weighted by Gasteiger charge is 2.26. The lowest BCUT2D eigenvalue weighted by atomic mass is 10.1. The highest BCUT2D eigenvalue weighted by molar-refractivity contribution is 7.89. The molecule has 1 unspecified atom stereocenters. The molecule has 31 heavy (non-hydrogen) atoms. The van der Waals surface area contributed by atoms with Crippen molar-refractivity contribution in [3.05, 3.63) is 59.2 Å². The van der Waals surface area contributed by atoms with Gasteiger partial charge in [0.1, 0.15) is 12.4 Å². The predicted molar refractivity (Wildman–Crippen MR) is 122 cm³/mol. The van der Waals surface area contributed by atoms with E-state index in [9.17, 15) is 13.2 Å². The molecule has 1 aliphatic rings. The maximum atomic E-state index is 13.1. The van der Waals surface area contributed by atoms with Crippen molar-refractivity contribution >= 4 is 15.9 Å². The minimum absolute atomic E-state index is 0.175. The number of aryl methyl sites for hydroxylation is 2. The molecule has 0 aliphatic carbocycles. The van der Waals surface area contributed by atoms with Gasteiger partial charge in [-0.25, -0.2) is 8.42 Å². The van der Waals surface area contributed by atoms with E-state index in [4.69, 9.17) is 4.74 Å². The Morgan fingerprint density at radius 3 is 2.32 bits per heavy atom. The third kappa shape index (κ3) is 6.08. The Hall–Kier alpha value is -2.38. The van der Waals surface area contributed by atoms with Gasteiger partial charge in [-0.1, -0.05) is 36.6 Å². The maximum Gasteiger partial charge on any atom is 0.251 e. The predicted octanol–water partition coefficient (Wildman–Crippen LogP) is 4.07. The van der Waals surface area contributed by atoms with Crippen molar-refractivity contribution in [1.29, 1.82) is 0 Å². The third-order valence-corrected chi connectivity index (χ3v) is 7.45. The van der Waals surface area contributed by atoms with Gasteiger partial charge in [0.2, 0.25) is 10.0 Å². The lowest BCUT2D eigenvalue weighted by molar-refractivity contribution is 0.0926. The molecule has 0 bridgehead atoms. The van der Waals surface area contributed by atoms with Crippen molar-refractivity contribution in [2.75, 3.05) is 19.7 Å². The highest BCUT2D eigenvalue weighted by Crippen LogP contribution is 2.23. The Kier molecular flexibility index (Phi) is 7.73. The normalized spacial score (nSPS) is 16.4. The number of hydrogen-bond acceptors (Lipinski definition) is 4. The largest absolute Gasteiger partial charge is 0.491 e.